The molecular formula is C14H22N2O2S. The number of rotatable bonds is 5. The van der Waals surface area contributed by atoms with Crippen LogP contribution in [-0.2, 0) is 10.0 Å². The minimum Gasteiger partial charge on any atom is -0.317 e. The first-order chi connectivity index (χ1) is 9.10. The molecule has 106 valence electrons. The Labute approximate surface area is 115 Å². The molecule has 4 nitrogen and oxygen atoms in total. The molecule has 0 saturated carbocycles. The smallest absolute Gasteiger partial charge is 0.242 e. The van der Waals surface area contributed by atoms with Crippen LogP contribution in [0, 0.1) is 5.92 Å². The Kier molecular flexibility index (Phi) is 4.96. The first kappa shape index (κ1) is 14.5. The monoisotopic (exact) mass is 282 g/mol. The van der Waals surface area contributed by atoms with Gasteiger partial charge in [-0.1, -0.05) is 18.2 Å². The maximum Gasteiger partial charge on any atom is 0.242 e. The molecule has 0 aliphatic carbocycles. The van der Waals surface area contributed by atoms with E-state index in [0.29, 0.717) is 17.4 Å². The third kappa shape index (κ3) is 3.78. The lowest BCUT2D eigenvalue weighted by Gasteiger charge is -2.25. The molecule has 1 fully saturated rings. The van der Waals surface area contributed by atoms with E-state index < -0.39 is 10.0 Å². The van der Waals surface area contributed by atoms with Crippen LogP contribution in [0.1, 0.15) is 19.3 Å². The second-order valence-corrected chi connectivity index (χ2v) is 7.17. The number of piperidine rings is 1. The summed E-state index contributed by atoms with van der Waals surface area (Å²) in [6.45, 7) is 2.71. The third-order valence-corrected chi connectivity index (χ3v) is 5.63. The van der Waals surface area contributed by atoms with Crippen LogP contribution in [0.3, 0.4) is 0 Å². The van der Waals surface area contributed by atoms with Gasteiger partial charge in [-0.05, 0) is 50.4 Å². The molecule has 2 rings (SSSR count). The molecule has 0 radical (unpaired) electrons. The van der Waals surface area contributed by atoms with Crippen molar-refractivity contribution in [3.8, 4) is 0 Å². The molecule has 0 spiro atoms. The van der Waals surface area contributed by atoms with Gasteiger partial charge < -0.3 is 5.32 Å². The molecule has 0 amide bonds. The van der Waals surface area contributed by atoms with E-state index in [9.17, 15) is 8.42 Å². The fraction of sp³-hybridized carbons (Fsp3) is 0.571. The van der Waals surface area contributed by atoms with Gasteiger partial charge in [-0.2, -0.15) is 0 Å². The normalized spacial score (nSPS) is 17.8. The number of hydrogen-bond acceptors (Lipinski definition) is 3. The van der Waals surface area contributed by atoms with Crippen LogP contribution in [0.4, 0.5) is 0 Å². The lowest BCUT2D eigenvalue weighted by Crippen LogP contribution is -2.32. The van der Waals surface area contributed by atoms with E-state index in [0.717, 1.165) is 32.4 Å². The summed E-state index contributed by atoms with van der Waals surface area (Å²) in [6, 6.07) is 8.64. The van der Waals surface area contributed by atoms with Gasteiger partial charge in [0, 0.05) is 13.6 Å². The van der Waals surface area contributed by atoms with E-state index in [1.165, 1.54) is 4.31 Å². The van der Waals surface area contributed by atoms with E-state index >= 15 is 0 Å². The van der Waals surface area contributed by atoms with Gasteiger partial charge in [-0.25, -0.2) is 12.7 Å². The quantitative estimate of drug-likeness (QED) is 0.894. The van der Waals surface area contributed by atoms with Crippen molar-refractivity contribution in [3.63, 3.8) is 0 Å². The van der Waals surface area contributed by atoms with Crippen LogP contribution in [-0.4, -0.2) is 39.4 Å². The molecule has 0 aromatic heterocycles. The highest BCUT2D eigenvalue weighted by Crippen LogP contribution is 2.19. The molecule has 1 aliphatic heterocycles. The third-order valence-electron chi connectivity index (χ3n) is 3.76. The fourth-order valence-electron chi connectivity index (χ4n) is 2.43. The van der Waals surface area contributed by atoms with Gasteiger partial charge in [0.25, 0.3) is 0 Å². The first-order valence-corrected chi connectivity index (χ1v) is 8.27. The summed E-state index contributed by atoms with van der Waals surface area (Å²) in [5.41, 5.74) is 0. The topological polar surface area (TPSA) is 49.4 Å². The van der Waals surface area contributed by atoms with Crippen molar-refractivity contribution in [3.05, 3.63) is 30.3 Å². The second kappa shape index (κ2) is 6.50. The van der Waals surface area contributed by atoms with Crippen molar-refractivity contribution in [1.82, 2.24) is 9.62 Å². The molecule has 1 aromatic rings. The van der Waals surface area contributed by atoms with Crippen LogP contribution in [0.25, 0.3) is 0 Å². The van der Waals surface area contributed by atoms with Crippen molar-refractivity contribution in [2.45, 2.75) is 24.2 Å². The minimum absolute atomic E-state index is 0.378. The van der Waals surface area contributed by atoms with Crippen molar-refractivity contribution in [1.29, 1.82) is 0 Å². The van der Waals surface area contributed by atoms with Crippen molar-refractivity contribution in [2.24, 2.45) is 5.92 Å². The SMILES string of the molecule is CN(CCC1CCNCC1)S(=O)(=O)c1ccccc1. The van der Waals surface area contributed by atoms with E-state index in [1.807, 2.05) is 6.07 Å². The molecule has 0 atom stereocenters. The van der Waals surface area contributed by atoms with E-state index in [1.54, 1.807) is 31.3 Å². The molecule has 1 aliphatic rings. The van der Waals surface area contributed by atoms with Gasteiger partial charge >= 0.3 is 0 Å². The van der Waals surface area contributed by atoms with Gasteiger partial charge in [-0.3, -0.25) is 0 Å². The predicted molar refractivity (Wildman–Crippen MR) is 76.5 cm³/mol. The molecule has 1 saturated heterocycles. The van der Waals surface area contributed by atoms with Crippen LogP contribution >= 0.6 is 0 Å². The highest BCUT2D eigenvalue weighted by atomic mass is 32.2. The Morgan fingerprint density at radius 1 is 1.21 bits per heavy atom. The largest absolute Gasteiger partial charge is 0.317 e. The Balaban J connectivity index is 1.93. The molecule has 1 heterocycles. The lowest BCUT2D eigenvalue weighted by molar-refractivity contribution is 0.326. The van der Waals surface area contributed by atoms with Crippen LogP contribution in [0.2, 0.25) is 0 Å². The molecule has 0 bridgehead atoms. The van der Waals surface area contributed by atoms with E-state index in [4.69, 9.17) is 0 Å². The number of benzene rings is 1. The van der Waals surface area contributed by atoms with Crippen molar-refractivity contribution < 1.29 is 8.42 Å². The summed E-state index contributed by atoms with van der Waals surface area (Å²) in [5, 5.41) is 3.33. The number of nitrogens with one attached hydrogen (secondary N) is 1. The average Bonchev–Trinajstić information content (AvgIpc) is 2.46. The molecular weight excluding hydrogens is 260 g/mol. The Bertz CT molecular complexity index is 481. The fourth-order valence-corrected chi connectivity index (χ4v) is 3.63. The van der Waals surface area contributed by atoms with Crippen LogP contribution in [0.5, 0.6) is 0 Å². The Morgan fingerprint density at radius 2 is 1.84 bits per heavy atom. The Morgan fingerprint density at radius 3 is 2.47 bits per heavy atom. The van der Waals surface area contributed by atoms with Crippen molar-refractivity contribution in [2.75, 3.05) is 26.7 Å². The highest BCUT2D eigenvalue weighted by molar-refractivity contribution is 7.89. The summed E-state index contributed by atoms with van der Waals surface area (Å²) in [6.07, 6.45) is 3.25. The zero-order chi connectivity index (χ0) is 13.7. The maximum atomic E-state index is 12.3. The summed E-state index contributed by atoms with van der Waals surface area (Å²) < 4.78 is 26.1. The standard InChI is InChI=1S/C14H22N2O2S/c1-16(12-9-13-7-10-15-11-8-13)19(17,18)14-5-3-2-4-6-14/h2-6,13,15H,7-12H2,1H3. The molecule has 5 heteroatoms. The molecule has 1 aromatic carbocycles. The zero-order valence-corrected chi connectivity index (χ0v) is 12.2. The molecule has 19 heavy (non-hydrogen) atoms. The Hall–Kier alpha value is -0.910. The van der Waals surface area contributed by atoms with E-state index in [2.05, 4.69) is 5.32 Å². The maximum absolute atomic E-state index is 12.3. The number of sulfonamides is 1. The first-order valence-electron chi connectivity index (χ1n) is 6.83. The summed E-state index contributed by atoms with van der Waals surface area (Å²) in [4.78, 5) is 0.378. The van der Waals surface area contributed by atoms with Gasteiger partial charge in [0.05, 0.1) is 4.90 Å². The summed E-state index contributed by atoms with van der Waals surface area (Å²) in [5.74, 6) is 0.648. The summed E-state index contributed by atoms with van der Waals surface area (Å²) >= 11 is 0. The highest BCUT2D eigenvalue weighted by Gasteiger charge is 2.21. The van der Waals surface area contributed by atoms with Gasteiger partial charge in [0.15, 0.2) is 0 Å². The molecule has 1 N–H and O–H groups in total. The zero-order valence-electron chi connectivity index (χ0n) is 11.4. The number of hydrogen-bond donors (Lipinski definition) is 1. The second-order valence-electron chi connectivity index (χ2n) is 5.12. The van der Waals surface area contributed by atoms with Crippen LogP contribution in [0.15, 0.2) is 35.2 Å². The predicted octanol–water partition coefficient (Wildman–Crippen LogP) is 1.70. The molecule has 0 unspecified atom stereocenters. The number of nitrogens with zero attached hydrogens (tertiary/aromatic N) is 1. The van der Waals surface area contributed by atoms with Gasteiger partial charge in [-0.15, -0.1) is 0 Å². The minimum atomic E-state index is -3.32. The van der Waals surface area contributed by atoms with E-state index in [-0.39, 0.29) is 0 Å². The summed E-state index contributed by atoms with van der Waals surface area (Å²) in [7, 11) is -1.65. The lowest BCUT2D eigenvalue weighted by atomic mass is 9.95. The average molecular weight is 282 g/mol. The van der Waals surface area contributed by atoms with Gasteiger partial charge in [0.1, 0.15) is 0 Å². The van der Waals surface area contributed by atoms with Crippen LogP contribution < -0.4 is 5.32 Å². The van der Waals surface area contributed by atoms with Gasteiger partial charge in [0.2, 0.25) is 10.0 Å². The van der Waals surface area contributed by atoms with Crippen molar-refractivity contribution >= 4 is 10.0 Å².